The minimum Gasteiger partial charge on any atom is -0.494 e. The first kappa shape index (κ1) is 25.0. The Kier molecular flexibility index (Phi) is 8.55. The lowest BCUT2D eigenvalue weighted by atomic mass is 10.1. The molecule has 9 heteroatoms. The van der Waals surface area contributed by atoms with Gasteiger partial charge >= 0.3 is 17.9 Å². The van der Waals surface area contributed by atoms with Crippen LogP contribution in [0, 0.1) is 0 Å². The number of carboxylic acid groups (broad SMARTS) is 1. The minimum atomic E-state index is -2.11. The molecule has 3 aromatic carbocycles. The second-order valence-corrected chi connectivity index (χ2v) is 7.17. The summed E-state index contributed by atoms with van der Waals surface area (Å²) < 4.78 is 15.7. The first-order chi connectivity index (χ1) is 16.9. The largest absolute Gasteiger partial charge is 0.494 e. The first-order valence-corrected chi connectivity index (χ1v) is 10.7. The Labute approximate surface area is 201 Å². The van der Waals surface area contributed by atoms with Crippen molar-refractivity contribution in [2.75, 3.05) is 11.9 Å². The van der Waals surface area contributed by atoms with Crippen molar-refractivity contribution in [3.8, 4) is 5.75 Å². The molecule has 0 aliphatic carbocycles. The second-order valence-electron chi connectivity index (χ2n) is 7.17. The van der Waals surface area contributed by atoms with Crippen LogP contribution in [0.25, 0.3) is 0 Å². The van der Waals surface area contributed by atoms with E-state index in [-0.39, 0.29) is 16.8 Å². The molecule has 1 amide bonds. The summed E-state index contributed by atoms with van der Waals surface area (Å²) in [5, 5.41) is 12.3. The monoisotopic (exact) mass is 477 g/mol. The van der Waals surface area contributed by atoms with Crippen LogP contribution < -0.4 is 10.1 Å². The van der Waals surface area contributed by atoms with E-state index in [1.165, 1.54) is 36.4 Å². The lowest BCUT2D eigenvalue weighted by Crippen LogP contribution is -2.48. The lowest BCUT2D eigenvalue weighted by Gasteiger charge is -2.23. The molecule has 0 saturated carbocycles. The van der Waals surface area contributed by atoms with E-state index in [1.807, 2.05) is 6.92 Å². The van der Waals surface area contributed by atoms with Crippen LogP contribution in [0.3, 0.4) is 0 Å². The number of carbonyl (C=O) groups excluding carboxylic acids is 3. The molecule has 3 rings (SSSR count). The quantitative estimate of drug-likeness (QED) is 0.424. The molecule has 0 heterocycles. The van der Waals surface area contributed by atoms with Crippen molar-refractivity contribution >= 4 is 29.5 Å². The Hall–Kier alpha value is -4.66. The highest BCUT2D eigenvalue weighted by atomic mass is 16.6. The maximum absolute atomic E-state index is 13.1. The molecule has 0 aliphatic heterocycles. The van der Waals surface area contributed by atoms with Crippen LogP contribution in [0.1, 0.15) is 27.6 Å². The summed E-state index contributed by atoms with van der Waals surface area (Å²) in [4.78, 5) is 50.3. The third-order valence-electron chi connectivity index (χ3n) is 4.70. The normalized spacial score (nSPS) is 12.0. The van der Waals surface area contributed by atoms with Crippen LogP contribution in [-0.2, 0) is 19.1 Å². The SMILES string of the molecule is CCOc1ccc(NC(=O)[C@@H](OC(=O)c2ccccc2)[C@@H](OC(=O)c2ccccc2)C(=O)O)cc1. The number of benzene rings is 3. The molecule has 180 valence electrons. The zero-order chi connectivity index (χ0) is 25.2. The molecule has 0 fully saturated rings. The molecule has 0 bridgehead atoms. The topological polar surface area (TPSA) is 128 Å². The van der Waals surface area contributed by atoms with E-state index in [0.717, 1.165) is 0 Å². The van der Waals surface area contributed by atoms with Gasteiger partial charge in [0.05, 0.1) is 17.7 Å². The number of esters is 2. The Balaban J connectivity index is 1.87. The standard InChI is InChI=1S/C26H23NO8/c1-2-33-20-15-13-19(14-16-20)27-23(28)21(34-25(31)17-9-5-3-6-10-17)22(24(29)30)35-26(32)18-11-7-4-8-12-18/h3-16,21-22H,2H2,1H3,(H,27,28)(H,29,30)/t21-,22+/m0/s1. The van der Waals surface area contributed by atoms with Gasteiger partial charge in [0, 0.05) is 5.69 Å². The number of carbonyl (C=O) groups is 4. The van der Waals surface area contributed by atoms with Gasteiger partial charge in [0.2, 0.25) is 12.2 Å². The average Bonchev–Trinajstić information content (AvgIpc) is 2.88. The average molecular weight is 477 g/mol. The molecule has 2 atom stereocenters. The number of carboxylic acids is 1. The van der Waals surface area contributed by atoms with Crippen molar-refractivity contribution in [3.05, 3.63) is 96.1 Å². The van der Waals surface area contributed by atoms with E-state index in [9.17, 15) is 24.3 Å². The summed E-state index contributed by atoms with van der Waals surface area (Å²) in [5.41, 5.74) is 0.446. The highest BCUT2D eigenvalue weighted by Gasteiger charge is 2.41. The molecule has 0 aromatic heterocycles. The number of hydrogen-bond acceptors (Lipinski definition) is 7. The maximum Gasteiger partial charge on any atom is 0.349 e. The Bertz CT molecular complexity index is 1160. The fourth-order valence-electron chi connectivity index (χ4n) is 3.02. The number of amides is 1. The summed E-state index contributed by atoms with van der Waals surface area (Å²) in [6.45, 7) is 2.28. The van der Waals surface area contributed by atoms with Gasteiger partial charge in [0.15, 0.2) is 0 Å². The van der Waals surface area contributed by atoms with Crippen LogP contribution >= 0.6 is 0 Å². The van der Waals surface area contributed by atoms with Crippen LogP contribution in [0.4, 0.5) is 5.69 Å². The van der Waals surface area contributed by atoms with Crippen molar-refractivity contribution < 1.29 is 38.5 Å². The molecular formula is C26H23NO8. The number of aliphatic carboxylic acids is 1. The van der Waals surface area contributed by atoms with Gasteiger partial charge in [-0.1, -0.05) is 36.4 Å². The first-order valence-electron chi connectivity index (χ1n) is 10.7. The number of hydrogen-bond donors (Lipinski definition) is 2. The van der Waals surface area contributed by atoms with Gasteiger partial charge in [-0.05, 0) is 55.5 Å². The third-order valence-corrected chi connectivity index (χ3v) is 4.70. The fraction of sp³-hybridized carbons (Fsp3) is 0.154. The van der Waals surface area contributed by atoms with E-state index < -0.39 is 36.0 Å². The van der Waals surface area contributed by atoms with E-state index >= 15 is 0 Å². The van der Waals surface area contributed by atoms with Gasteiger partial charge in [0.1, 0.15) is 5.75 Å². The fourth-order valence-corrected chi connectivity index (χ4v) is 3.02. The third kappa shape index (κ3) is 6.91. The molecule has 0 spiro atoms. The van der Waals surface area contributed by atoms with E-state index in [4.69, 9.17) is 14.2 Å². The molecule has 9 nitrogen and oxygen atoms in total. The second kappa shape index (κ2) is 12.0. The summed E-state index contributed by atoms with van der Waals surface area (Å²) in [6, 6.07) is 21.6. The number of nitrogens with one attached hydrogen (secondary N) is 1. The predicted octanol–water partition coefficient (Wildman–Crippen LogP) is 3.56. The molecule has 35 heavy (non-hydrogen) atoms. The van der Waals surface area contributed by atoms with E-state index in [0.29, 0.717) is 12.4 Å². The van der Waals surface area contributed by atoms with E-state index in [2.05, 4.69) is 5.32 Å². The number of rotatable bonds is 10. The summed E-state index contributed by atoms with van der Waals surface area (Å²) in [7, 11) is 0. The lowest BCUT2D eigenvalue weighted by molar-refractivity contribution is -0.157. The maximum atomic E-state index is 13.1. The van der Waals surface area contributed by atoms with Crippen molar-refractivity contribution in [3.63, 3.8) is 0 Å². The molecule has 0 radical (unpaired) electrons. The van der Waals surface area contributed by atoms with Gasteiger partial charge in [-0.25, -0.2) is 14.4 Å². The van der Waals surface area contributed by atoms with Crippen molar-refractivity contribution in [2.45, 2.75) is 19.1 Å². The van der Waals surface area contributed by atoms with Crippen molar-refractivity contribution in [1.82, 2.24) is 0 Å². The van der Waals surface area contributed by atoms with Crippen LogP contribution in [0.5, 0.6) is 5.75 Å². The molecule has 3 aromatic rings. The summed E-state index contributed by atoms with van der Waals surface area (Å²) >= 11 is 0. The van der Waals surface area contributed by atoms with Gasteiger partial charge in [0.25, 0.3) is 5.91 Å². The molecular weight excluding hydrogens is 454 g/mol. The highest BCUT2D eigenvalue weighted by molar-refractivity contribution is 6.01. The van der Waals surface area contributed by atoms with Crippen molar-refractivity contribution in [1.29, 1.82) is 0 Å². The molecule has 0 unspecified atom stereocenters. The van der Waals surface area contributed by atoms with Gasteiger partial charge < -0.3 is 24.6 Å². The van der Waals surface area contributed by atoms with Crippen LogP contribution in [0.2, 0.25) is 0 Å². The molecule has 0 aliphatic rings. The summed E-state index contributed by atoms with van der Waals surface area (Å²) in [5.74, 6) is -4.04. The number of ether oxygens (including phenoxy) is 3. The van der Waals surface area contributed by atoms with E-state index in [1.54, 1.807) is 48.5 Å². The molecule has 2 N–H and O–H groups in total. The Morgan fingerprint density at radius 3 is 1.69 bits per heavy atom. The highest BCUT2D eigenvalue weighted by Crippen LogP contribution is 2.18. The van der Waals surface area contributed by atoms with Gasteiger partial charge in [-0.3, -0.25) is 4.79 Å². The minimum absolute atomic E-state index is 0.0683. The smallest absolute Gasteiger partial charge is 0.349 e. The molecule has 0 saturated heterocycles. The van der Waals surface area contributed by atoms with Gasteiger partial charge in [-0.2, -0.15) is 0 Å². The Morgan fingerprint density at radius 2 is 1.23 bits per heavy atom. The van der Waals surface area contributed by atoms with Crippen molar-refractivity contribution in [2.24, 2.45) is 0 Å². The number of anilines is 1. The van der Waals surface area contributed by atoms with Crippen LogP contribution in [0.15, 0.2) is 84.9 Å². The predicted molar refractivity (Wildman–Crippen MR) is 125 cm³/mol. The summed E-state index contributed by atoms with van der Waals surface area (Å²) in [6.07, 6.45) is -4.10. The zero-order valence-corrected chi connectivity index (χ0v) is 18.7. The Morgan fingerprint density at radius 1 is 0.743 bits per heavy atom. The van der Waals surface area contributed by atoms with Crippen LogP contribution in [-0.4, -0.2) is 47.7 Å². The van der Waals surface area contributed by atoms with Gasteiger partial charge in [-0.15, -0.1) is 0 Å². The zero-order valence-electron chi connectivity index (χ0n) is 18.7.